The number of para-hydroxylation sites is 1. The molecule has 0 aliphatic heterocycles. The maximum atomic E-state index is 12.6. The summed E-state index contributed by atoms with van der Waals surface area (Å²) in [6.45, 7) is 0.346. The standard InChI is InChI=1S/C12H12F2N2O2S/c13-12(14)19(17,18)11-4-2-1-3-10(11)16-8-9-5-6-15-7-9/h1-7,12,15-16H,8H2. The van der Waals surface area contributed by atoms with Crippen LogP contribution in [0.1, 0.15) is 5.56 Å². The lowest BCUT2D eigenvalue weighted by Gasteiger charge is -2.11. The van der Waals surface area contributed by atoms with E-state index in [1.54, 1.807) is 24.5 Å². The highest BCUT2D eigenvalue weighted by Crippen LogP contribution is 2.26. The molecule has 0 unspecified atom stereocenters. The molecule has 0 saturated heterocycles. The first-order valence-electron chi connectivity index (χ1n) is 5.48. The molecule has 2 aromatic rings. The Morgan fingerprint density at radius 1 is 1.21 bits per heavy atom. The van der Waals surface area contributed by atoms with E-state index in [2.05, 4.69) is 10.3 Å². The van der Waals surface area contributed by atoms with Gasteiger partial charge in [-0.3, -0.25) is 0 Å². The van der Waals surface area contributed by atoms with E-state index in [0.717, 1.165) is 5.56 Å². The van der Waals surface area contributed by atoms with Gasteiger partial charge >= 0.3 is 5.76 Å². The van der Waals surface area contributed by atoms with Crippen LogP contribution in [-0.4, -0.2) is 19.2 Å². The van der Waals surface area contributed by atoms with Gasteiger partial charge in [-0.25, -0.2) is 8.42 Å². The second-order valence-corrected chi connectivity index (χ2v) is 5.76. The van der Waals surface area contributed by atoms with Crippen LogP contribution in [0, 0.1) is 0 Å². The molecule has 1 aromatic heterocycles. The van der Waals surface area contributed by atoms with Gasteiger partial charge in [-0.1, -0.05) is 12.1 Å². The molecule has 0 aliphatic rings. The minimum Gasteiger partial charge on any atom is -0.380 e. The molecular formula is C12H12F2N2O2S. The smallest absolute Gasteiger partial charge is 0.341 e. The van der Waals surface area contributed by atoms with Gasteiger partial charge in [0.05, 0.1) is 10.6 Å². The quantitative estimate of drug-likeness (QED) is 0.888. The molecule has 1 aromatic carbocycles. The van der Waals surface area contributed by atoms with Gasteiger partial charge in [0.25, 0.3) is 0 Å². The zero-order valence-electron chi connectivity index (χ0n) is 9.81. The summed E-state index contributed by atoms with van der Waals surface area (Å²) >= 11 is 0. The molecule has 2 rings (SSSR count). The lowest BCUT2D eigenvalue weighted by Crippen LogP contribution is -2.14. The Balaban J connectivity index is 2.27. The second-order valence-electron chi connectivity index (χ2n) is 3.87. The summed E-state index contributed by atoms with van der Waals surface area (Å²) in [7, 11) is -4.60. The first kappa shape index (κ1) is 13.5. The van der Waals surface area contributed by atoms with Crippen molar-refractivity contribution in [3.63, 3.8) is 0 Å². The van der Waals surface area contributed by atoms with Gasteiger partial charge in [-0.05, 0) is 23.8 Å². The van der Waals surface area contributed by atoms with Crippen molar-refractivity contribution in [1.29, 1.82) is 0 Å². The third-order valence-electron chi connectivity index (χ3n) is 2.57. The van der Waals surface area contributed by atoms with Gasteiger partial charge in [0.1, 0.15) is 0 Å². The molecule has 0 amide bonds. The predicted octanol–water partition coefficient (Wildman–Crippen LogP) is 2.62. The van der Waals surface area contributed by atoms with Crippen LogP contribution in [0.15, 0.2) is 47.6 Å². The first-order chi connectivity index (χ1) is 9.01. The molecule has 0 spiro atoms. The van der Waals surface area contributed by atoms with Crippen molar-refractivity contribution in [2.45, 2.75) is 17.2 Å². The molecule has 0 radical (unpaired) electrons. The molecule has 102 valence electrons. The van der Waals surface area contributed by atoms with E-state index in [9.17, 15) is 17.2 Å². The SMILES string of the molecule is O=S(=O)(c1ccccc1NCc1cc[nH]c1)C(F)F. The highest BCUT2D eigenvalue weighted by Gasteiger charge is 2.28. The molecule has 4 nitrogen and oxygen atoms in total. The van der Waals surface area contributed by atoms with Crippen LogP contribution in [-0.2, 0) is 16.4 Å². The van der Waals surface area contributed by atoms with Crippen LogP contribution in [0.2, 0.25) is 0 Å². The summed E-state index contributed by atoms with van der Waals surface area (Å²) in [4.78, 5) is 2.46. The van der Waals surface area contributed by atoms with E-state index in [4.69, 9.17) is 0 Å². The van der Waals surface area contributed by atoms with Crippen molar-refractivity contribution in [3.8, 4) is 0 Å². The zero-order chi connectivity index (χ0) is 13.9. The predicted molar refractivity (Wildman–Crippen MR) is 67.8 cm³/mol. The van der Waals surface area contributed by atoms with Crippen molar-refractivity contribution < 1.29 is 17.2 Å². The van der Waals surface area contributed by atoms with Gasteiger partial charge in [0, 0.05) is 18.9 Å². The van der Waals surface area contributed by atoms with E-state index in [-0.39, 0.29) is 10.6 Å². The van der Waals surface area contributed by atoms with Crippen molar-refractivity contribution in [2.75, 3.05) is 5.32 Å². The van der Waals surface area contributed by atoms with E-state index in [0.29, 0.717) is 6.54 Å². The normalized spacial score (nSPS) is 11.7. The summed E-state index contributed by atoms with van der Waals surface area (Å²) < 4.78 is 48.2. The fraction of sp³-hybridized carbons (Fsp3) is 0.167. The number of alkyl halides is 2. The fourth-order valence-corrected chi connectivity index (χ4v) is 2.53. The number of hydrogen-bond acceptors (Lipinski definition) is 3. The highest BCUT2D eigenvalue weighted by atomic mass is 32.2. The van der Waals surface area contributed by atoms with Crippen LogP contribution < -0.4 is 5.32 Å². The average molecular weight is 286 g/mol. The zero-order valence-corrected chi connectivity index (χ0v) is 10.6. The number of sulfone groups is 1. The number of aromatic amines is 1. The van der Waals surface area contributed by atoms with Crippen LogP contribution in [0.5, 0.6) is 0 Å². The fourth-order valence-electron chi connectivity index (χ4n) is 1.62. The number of benzene rings is 1. The van der Waals surface area contributed by atoms with Crippen LogP contribution >= 0.6 is 0 Å². The molecule has 0 fully saturated rings. The molecule has 0 bridgehead atoms. The second kappa shape index (κ2) is 5.40. The maximum Gasteiger partial charge on any atom is 0.341 e. The Kier molecular flexibility index (Phi) is 3.84. The number of hydrogen-bond donors (Lipinski definition) is 2. The highest BCUT2D eigenvalue weighted by molar-refractivity contribution is 7.91. The Labute approximate surface area is 109 Å². The number of anilines is 1. The summed E-state index contributed by atoms with van der Waals surface area (Å²) in [5, 5.41) is 2.84. The summed E-state index contributed by atoms with van der Waals surface area (Å²) in [5.41, 5.74) is 1.06. The van der Waals surface area contributed by atoms with Crippen LogP contribution in [0.25, 0.3) is 0 Å². The maximum absolute atomic E-state index is 12.6. The van der Waals surface area contributed by atoms with Crippen molar-refractivity contribution >= 4 is 15.5 Å². The van der Waals surface area contributed by atoms with Gasteiger partial charge in [0.2, 0.25) is 9.84 Å². The van der Waals surface area contributed by atoms with Crippen molar-refractivity contribution in [2.24, 2.45) is 0 Å². The van der Waals surface area contributed by atoms with E-state index in [1.165, 1.54) is 18.2 Å². The van der Waals surface area contributed by atoms with E-state index < -0.39 is 15.6 Å². The summed E-state index contributed by atoms with van der Waals surface area (Å²) in [6.07, 6.45) is 3.45. The molecule has 2 N–H and O–H groups in total. The van der Waals surface area contributed by atoms with Gasteiger partial charge in [-0.15, -0.1) is 0 Å². The first-order valence-corrected chi connectivity index (χ1v) is 7.03. The third-order valence-corrected chi connectivity index (χ3v) is 4.01. The molecule has 19 heavy (non-hydrogen) atoms. The number of nitrogens with one attached hydrogen (secondary N) is 2. The van der Waals surface area contributed by atoms with Crippen molar-refractivity contribution in [1.82, 2.24) is 4.98 Å². The Bertz CT molecular complexity index is 640. The summed E-state index contributed by atoms with van der Waals surface area (Å²) in [5.74, 6) is -3.43. The minimum atomic E-state index is -4.60. The molecule has 7 heteroatoms. The number of halogens is 2. The number of H-pyrrole nitrogens is 1. The van der Waals surface area contributed by atoms with Crippen molar-refractivity contribution in [3.05, 3.63) is 48.3 Å². The lowest BCUT2D eigenvalue weighted by atomic mass is 10.3. The molecule has 0 atom stereocenters. The summed E-state index contributed by atoms with van der Waals surface area (Å²) in [6, 6.07) is 7.43. The van der Waals surface area contributed by atoms with Crippen LogP contribution in [0.3, 0.4) is 0 Å². The topological polar surface area (TPSA) is 62.0 Å². The molecule has 0 saturated carbocycles. The Hall–Kier alpha value is -1.89. The average Bonchev–Trinajstić information content (AvgIpc) is 2.89. The van der Waals surface area contributed by atoms with E-state index >= 15 is 0 Å². The number of aromatic nitrogens is 1. The number of rotatable bonds is 5. The largest absolute Gasteiger partial charge is 0.380 e. The van der Waals surface area contributed by atoms with Gasteiger partial charge < -0.3 is 10.3 Å². The van der Waals surface area contributed by atoms with Gasteiger partial charge in [0.15, 0.2) is 0 Å². The monoisotopic (exact) mass is 286 g/mol. The molecular weight excluding hydrogens is 274 g/mol. The third kappa shape index (κ3) is 2.93. The minimum absolute atomic E-state index is 0.170. The lowest BCUT2D eigenvalue weighted by molar-refractivity contribution is 0.235. The van der Waals surface area contributed by atoms with Crippen LogP contribution in [0.4, 0.5) is 14.5 Å². The van der Waals surface area contributed by atoms with Gasteiger partial charge in [-0.2, -0.15) is 8.78 Å². The molecule has 1 heterocycles. The Morgan fingerprint density at radius 2 is 1.95 bits per heavy atom. The molecule has 0 aliphatic carbocycles. The Morgan fingerprint density at radius 3 is 2.58 bits per heavy atom. The van der Waals surface area contributed by atoms with E-state index in [1.807, 2.05) is 0 Å².